The molecule has 2 aromatic heterocycles. The van der Waals surface area contributed by atoms with E-state index in [2.05, 4.69) is 10.3 Å². The number of rotatable bonds is 6. The van der Waals surface area contributed by atoms with E-state index in [4.69, 9.17) is 5.11 Å². The van der Waals surface area contributed by atoms with E-state index in [1.165, 1.54) is 15.8 Å². The molecule has 7 nitrogen and oxygen atoms in total. The molecule has 0 unspecified atom stereocenters. The lowest BCUT2D eigenvalue weighted by atomic mass is 9.97. The summed E-state index contributed by atoms with van der Waals surface area (Å²) in [5.41, 5.74) is 1.05. The number of fused-ring (bicyclic) bond motifs is 3. The molecule has 2 heterocycles. The molecule has 0 fully saturated rings. The van der Waals surface area contributed by atoms with Gasteiger partial charge in [-0.15, -0.1) is 11.3 Å². The molecule has 0 radical (unpaired) electrons. The monoisotopic (exact) mass is 349 g/mol. The normalized spacial score (nSPS) is 13.7. The smallest absolute Gasteiger partial charge is 0.305 e. The Labute approximate surface area is 142 Å². The van der Waals surface area contributed by atoms with E-state index < -0.39 is 5.97 Å². The molecule has 1 aliphatic rings. The Morgan fingerprint density at radius 3 is 2.88 bits per heavy atom. The number of aromatic nitrogens is 2. The van der Waals surface area contributed by atoms with Crippen molar-refractivity contribution in [2.75, 3.05) is 6.54 Å². The van der Waals surface area contributed by atoms with Crippen LogP contribution in [0.4, 0.5) is 0 Å². The zero-order valence-corrected chi connectivity index (χ0v) is 14.0. The number of nitrogens with zero attached hydrogens (tertiary/aromatic N) is 2. The minimum absolute atomic E-state index is 0.0854. The third kappa shape index (κ3) is 3.48. The van der Waals surface area contributed by atoms with E-state index in [9.17, 15) is 14.4 Å². The molecule has 0 bridgehead atoms. The van der Waals surface area contributed by atoms with Gasteiger partial charge in [0.1, 0.15) is 4.83 Å². The summed E-state index contributed by atoms with van der Waals surface area (Å²) in [5.74, 6) is -1.22. The van der Waals surface area contributed by atoms with Crippen molar-refractivity contribution in [3.8, 4) is 0 Å². The highest BCUT2D eigenvalue weighted by atomic mass is 32.1. The fraction of sp³-hybridized carbons (Fsp3) is 0.500. The maximum Gasteiger partial charge on any atom is 0.305 e. The van der Waals surface area contributed by atoms with Crippen LogP contribution in [0.2, 0.25) is 0 Å². The van der Waals surface area contributed by atoms with Gasteiger partial charge in [-0.05, 0) is 31.2 Å². The van der Waals surface area contributed by atoms with Crippen LogP contribution in [-0.4, -0.2) is 33.1 Å². The average molecular weight is 349 g/mol. The van der Waals surface area contributed by atoms with Crippen LogP contribution in [0.5, 0.6) is 0 Å². The van der Waals surface area contributed by atoms with Crippen LogP contribution < -0.4 is 10.9 Å². The minimum Gasteiger partial charge on any atom is -0.481 e. The SMILES string of the molecule is O=C(O)CCNC(=O)CCn1cnc2sc3c(c2c1=O)CCCC3. The topological polar surface area (TPSA) is 101 Å². The standard InChI is InChI=1S/C16H19N3O4S/c20-12(17-7-5-13(21)22)6-8-19-9-18-15-14(16(19)23)10-3-1-2-4-11(10)24-15/h9H,1-8H2,(H,17,20)(H,21,22). The largest absolute Gasteiger partial charge is 0.481 e. The minimum atomic E-state index is -0.955. The van der Waals surface area contributed by atoms with Gasteiger partial charge in [0.2, 0.25) is 5.91 Å². The molecule has 128 valence electrons. The van der Waals surface area contributed by atoms with Crippen LogP contribution in [0.15, 0.2) is 11.1 Å². The second-order valence-electron chi connectivity index (χ2n) is 5.88. The zero-order chi connectivity index (χ0) is 17.1. The van der Waals surface area contributed by atoms with E-state index in [0.29, 0.717) is 5.39 Å². The summed E-state index contributed by atoms with van der Waals surface area (Å²) in [7, 11) is 0. The van der Waals surface area contributed by atoms with Crippen molar-refractivity contribution < 1.29 is 14.7 Å². The molecule has 1 amide bonds. The Bertz CT molecular complexity index is 840. The van der Waals surface area contributed by atoms with Crippen molar-refractivity contribution in [1.82, 2.24) is 14.9 Å². The number of nitrogens with one attached hydrogen (secondary N) is 1. The van der Waals surface area contributed by atoms with Gasteiger partial charge in [-0.2, -0.15) is 0 Å². The molecule has 1 aliphatic carbocycles. The molecule has 8 heteroatoms. The number of amides is 1. The summed E-state index contributed by atoms with van der Waals surface area (Å²) in [4.78, 5) is 41.3. The van der Waals surface area contributed by atoms with Gasteiger partial charge in [-0.3, -0.25) is 19.0 Å². The second kappa shape index (κ2) is 7.12. The van der Waals surface area contributed by atoms with Crippen molar-refractivity contribution >= 4 is 33.4 Å². The number of thiophene rings is 1. The van der Waals surface area contributed by atoms with E-state index in [-0.39, 0.29) is 37.4 Å². The summed E-state index contributed by atoms with van der Waals surface area (Å²) in [6.07, 6.45) is 5.70. The number of hydrogen-bond acceptors (Lipinski definition) is 5. The third-order valence-electron chi connectivity index (χ3n) is 4.18. The van der Waals surface area contributed by atoms with Crippen LogP contribution in [0.25, 0.3) is 10.2 Å². The number of aliphatic carboxylic acids is 1. The summed E-state index contributed by atoms with van der Waals surface area (Å²) < 4.78 is 1.47. The Morgan fingerprint density at radius 2 is 2.08 bits per heavy atom. The van der Waals surface area contributed by atoms with Crippen LogP contribution in [0, 0.1) is 0 Å². The summed E-state index contributed by atoms with van der Waals surface area (Å²) in [6.45, 7) is 0.337. The van der Waals surface area contributed by atoms with Crippen LogP contribution >= 0.6 is 11.3 Å². The van der Waals surface area contributed by atoms with Gasteiger partial charge in [0.05, 0.1) is 18.1 Å². The fourth-order valence-electron chi connectivity index (χ4n) is 2.96. The zero-order valence-electron chi connectivity index (χ0n) is 13.2. The first kappa shape index (κ1) is 16.6. The van der Waals surface area contributed by atoms with E-state index in [1.807, 2.05) is 0 Å². The number of carboxylic acids is 1. The van der Waals surface area contributed by atoms with Gasteiger partial charge in [0, 0.05) is 24.4 Å². The van der Waals surface area contributed by atoms with Crippen LogP contribution in [0.3, 0.4) is 0 Å². The average Bonchev–Trinajstić information content (AvgIpc) is 2.93. The van der Waals surface area contributed by atoms with Gasteiger partial charge >= 0.3 is 5.97 Å². The van der Waals surface area contributed by atoms with Gasteiger partial charge in [-0.25, -0.2) is 4.98 Å². The molecular weight excluding hydrogens is 330 g/mol. The van der Waals surface area contributed by atoms with E-state index in [0.717, 1.165) is 36.1 Å². The molecule has 0 atom stereocenters. The summed E-state index contributed by atoms with van der Waals surface area (Å²) >= 11 is 1.60. The fourth-order valence-corrected chi connectivity index (χ4v) is 4.18. The van der Waals surface area contributed by atoms with Crippen LogP contribution in [0.1, 0.15) is 36.1 Å². The van der Waals surface area contributed by atoms with Crippen molar-refractivity contribution in [2.45, 2.75) is 45.1 Å². The van der Waals surface area contributed by atoms with Gasteiger partial charge in [-0.1, -0.05) is 0 Å². The van der Waals surface area contributed by atoms with Crippen LogP contribution in [-0.2, 0) is 29.0 Å². The van der Waals surface area contributed by atoms with Gasteiger partial charge < -0.3 is 10.4 Å². The molecule has 0 spiro atoms. The maximum atomic E-state index is 12.7. The summed E-state index contributed by atoms with van der Waals surface area (Å²) in [6, 6.07) is 0. The van der Waals surface area contributed by atoms with Crippen molar-refractivity contribution in [1.29, 1.82) is 0 Å². The molecule has 0 aromatic carbocycles. The van der Waals surface area contributed by atoms with Crippen molar-refractivity contribution in [3.63, 3.8) is 0 Å². The van der Waals surface area contributed by atoms with Crippen molar-refractivity contribution in [3.05, 3.63) is 27.1 Å². The molecule has 0 saturated carbocycles. The number of carbonyl (C=O) groups is 2. The molecule has 0 saturated heterocycles. The first-order valence-corrected chi connectivity index (χ1v) is 8.86. The first-order valence-electron chi connectivity index (χ1n) is 8.04. The Balaban J connectivity index is 1.71. The predicted molar refractivity (Wildman–Crippen MR) is 90.4 cm³/mol. The first-order chi connectivity index (χ1) is 11.6. The van der Waals surface area contributed by atoms with Gasteiger partial charge in [0.15, 0.2) is 0 Å². The Hall–Kier alpha value is -2.22. The quantitative estimate of drug-likeness (QED) is 0.819. The van der Waals surface area contributed by atoms with E-state index in [1.54, 1.807) is 11.3 Å². The lowest BCUT2D eigenvalue weighted by Gasteiger charge is -2.10. The Kier molecular flexibility index (Phi) is 4.94. The molecule has 24 heavy (non-hydrogen) atoms. The number of aryl methyl sites for hydroxylation is 3. The van der Waals surface area contributed by atoms with Gasteiger partial charge in [0.25, 0.3) is 5.56 Å². The molecule has 2 aromatic rings. The second-order valence-corrected chi connectivity index (χ2v) is 6.96. The summed E-state index contributed by atoms with van der Waals surface area (Å²) in [5, 5.41) is 11.8. The Morgan fingerprint density at radius 1 is 1.29 bits per heavy atom. The molecular formula is C16H19N3O4S. The number of hydrogen-bond donors (Lipinski definition) is 2. The number of carbonyl (C=O) groups excluding carboxylic acids is 1. The molecule has 0 aliphatic heterocycles. The lowest BCUT2D eigenvalue weighted by molar-refractivity contribution is -0.136. The van der Waals surface area contributed by atoms with Crippen molar-refractivity contribution in [2.24, 2.45) is 0 Å². The lowest BCUT2D eigenvalue weighted by Crippen LogP contribution is -2.29. The number of carboxylic acid groups (broad SMARTS) is 1. The highest BCUT2D eigenvalue weighted by Crippen LogP contribution is 2.33. The van der Waals surface area contributed by atoms with E-state index >= 15 is 0 Å². The highest BCUT2D eigenvalue weighted by molar-refractivity contribution is 7.18. The highest BCUT2D eigenvalue weighted by Gasteiger charge is 2.20. The third-order valence-corrected chi connectivity index (χ3v) is 5.38. The maximum absolute atomic E-state index is 12.7. The predicted octanol–water partition coefficient (Wildman–Crippen LogP) is 1.32. The molecule has 2 N–H and O–H groups in total. The molecule has 3 rings (SSSR count).